The molecule has 0 bridgehead atoms. The van der Waals surface area contributed by atoms with Gasteiger partial charge in [-0.25, -0.2) is 8.78 Å². The molecule has 0 radical (unpaired) electrons. The van der Waals surface area contributed by atoms with Crippen LogP contribution in [0.5, 0.6) is 0 Å². The Labute approximate surface area is 283 Å². The zero-order chi connectivity index (χ0) is 33.6. The molecule has 0 heterocycles. The molecule has 0 spiro atoms. The molecule has 0 N–H and O–H groups in total. The normalized spacial score (nSPS) is 14.3. The number of hydrogen-bond donors (Lipinski definition) is 0. The fraction of sp³-hybridized carbons (Fsp3) is 0.605. The maximum atomic E-state index is 14.2. The van der Waals surface area contributed by atoms with E-state index in [1.165, 1.54) is 51.4 Å². The Kier molecular flexibility index (Phi) is 34.9. The molecule has 2 unspecified atom stereocenters. The Morgan fingerprint density at radius 1 is 0.391 bits per heavy atom. The molecule has 0 rings (SSSR count). The van der Waals surface area contributed by atoms with Crippen molar-refractivity contribution in [3.05, 3.63) is 97.2 Å². The van der Waals surface area contributed by atoms with Crippen molar-refractivity contribution in [3.63, 3.8) is 0 Å². The van der Waals surface area contributed by atoms with Crippen LogP contribution >= 0.6 is 0 Å². The van der Waals surface area contributed by atoms with Gasteiger partial charge in [0.05, 0.1) is 0 Å². The summed E-state index contributed by atoms with van der Waals surface area (Å²) < 4.78 is 28.5. The summed E-state index contributed by atoms with van der Waals surface area (Å²) in [6.07, 6.45) is 52.2. The second-order valence-electron chi connectivity index (χ2n) is 12.1. The number of ketones is 1. The van der Waals surface area contributed by atoms with Gasteiger partial charge >= 0.3 is 0 Å². The standard InChI is InChI=1S/C43H68F2O/c1-3-5-7-9-11-13-15-17-19-21-23-25-27-29-31-33-35-37-39-41(44)43(46)42(45)40-38-36-34-32-30-28-26-24-22-20-18-16-14-12-10-8-6-4-2/h11-14,17-20,23-26,29-32,41-42H,3-10,15-16,21-22,27-28,33-40H2,1-2H3. The highest BCUT2D eigenvalue weighted by Crippen LogP contribution is 2.16. The molecule has 0 aromatic rings. The zero-order valence-electron chi connectivity index (χ0n) is 29.6. The van der Waals surface area contributed by atoms with Crippen molar-refractivity contribution in [2.75, 3.05) is 0 Å². The summed E-state index contributed by atoms with van der Waals surface area (Å²) in [6, 6.07) is 0. The van der Waals surface area contributed by atoms with Gasteiger partial charge in [-0.1, -0.05) is 137 Å². The Hall–Kier alpha value is -2.55. The first-order chi connectivity index (χ1) is 22.6. The van der Waals surface area contributed by atoms with E-state index >= 15 is 0 Å². The summed E-state index contributed by atoms with van der Waals surface area (Å²) in [5.41, 5.74) is 0. The number of Topliss-reactive ketones (excluding diaryl/α,β-unsaturated/α-hetero) is 1. The average molecular weight is 639 g/mol. The van der Waals surface area contributed by atoms with E-state index in [0.29, 0.717) is 12.8 Å². The molecule has 2 atom stereocenters. The molecular formula is C43H68F2O. The summed E-state index contributed by atoms with van der Waals surface area (Å²) in [4.78, 5) is 12.1. The third-order valence-corrected chi connectivity index (χ3v) is 7.69. The molecule has 0 fully saturated rings. The van der Waals surface area contributed by atoms with Gasteiger partial charge in [-0.15, -0.1) is 0 Å². The summed E-state index contributed by atoms with van der Waals surface area (Å²) in [7, 11) is 0. The third kappa shape index (κ3) is 32.8. The Morgan fingerprint density at radius 2 is 0.630 bits per heavy atom. The predicted molar refractivity (Wildman–Crippen MR) is 201 cm³/mol. The van der Waals surface area contributed by atoms with Crippen LogP contribution in [-0.2, 0) is 4.79 Å². The van der Waals surface area contributed by atoms with Crippen LogP contribution in [0.4, 0.5) is 8.78 Å². The SMILES string of the molecule is CCCCCC=CCC=CCC=CCC=CCCCCC(F)C(=O)C(F)CCCCC=CCC=CCC=CCC=CCCCCC. The van der Waals surface area contributed by atoms with Crippen molar-refractivity contribution in [3.8, 4) is 0 Å². The first kappa shape index (κ1) is 43.5. The lowest BCUT2D eigenvalue weighted by molar-refractivity contribution is -0.129. The number of carbonyl (C=O) groups excluding carboxylic acids is 1. The number of unbranched alkanes of at least 4 members (excludes halogenated alkanes) is 10. The molecule has 0 aliphatic rings. The van der Waals surface area contributed by atoms with Crippen LogP contribution in [0.25, 0.3) is 0 Å². The molecule has 260 valence electrons. The van der Waals surface area contributed by atoms with Gasteiger partial charge in [-0.2, -0.15) is 0 Å². The predicted octanol–water partition coefficient (Wildman–Crippen LogP) is 14.3. The highest BCUT2D eigenvalue weighted by Gasteiger charge is 2.25. The lowest BCUT2D eigenvalue weighted by Crippen LogP contribution is -2.26. The van der Waals surface area contributed by atoms with Gasteiger partial charge in [0.1, 0.15) is 0 Å². The topological polar surface area (TPSA) is 17.1 Å². The Bertz CT molecular complexity index is 830. The van der Waals surface area contributed by atoms with Gasteiger partial charge in [0.15, 0.2) is 12.3 Å². The van der Waals surface area contributed by atoms with Crippen LogP contribution in [0.15, 0.2) is 97.2 Å². The maximum absolute atomic E-state index is 14.2. The monoisotopic (exact) mass is 639 g/mol. The van der Waals surface area contributed by atoms with E-state index in [4.69, 9.17) is 0 Å². The van der Waals surface area contributed by atoms with Crippen LogP contribution in [0, 0.1) is 0 Å². The number of allylic oxidation sites excluding steroid dienone is 16. The molecule has 0 amide bonds. The van der Waals surface area contributed by atoms with E-state index in [9.17, 15) is 13.6 Å². The van der Waals surface area contributed by atoms with E-state index in [2.05, 4.69) is 111 Å². The van der Waals surface area contributed by atoms with Crippen LogP contribution in [0.3, 0.4) is 0 Å². The molecule has 1 nitrogen and oxygen atoms in total. The number of carbonyl (C=O) groups is 1. The van der Waals surface area contributed by atoms with E-state index in [1.807, 2.05) is 0 Å². The average Bonchev–Trinajstić information content (AvgIpc) is 3.06. The molecule has 0 saturated carbocycles. The summed E-state index contributed by atoms with van der Waals surface area (Å²) >= 11 is 0. The van der Waals surface area contributed by atoms with Crippen LogP contribution in [0.2, 0.25) is 0 Å². The molecule has 0 saturated heterocycles. The highest BCUT2D eigenvalue weighted by atomic mass is 19.1. The minimum absolute atomic E-state index is 0.121. The molecule has 3 heteroatoms. The summed E-state index contributed by atoms with van der Waals surface area (Å²) in [5.74, 6) is -0.865. The molecule has 0 aromatic carbocycles. The number of alkyl halides is 2. The van der Waals surface area contributed by atoms with E-state index in [-0.39, 0.29) is 12.8 Å². The van der Waals surface area contributed by atoms with Crippen LogP contribution < -0.4 is 0 Å². The first-order valence-electron chi connectivity index (χ1n) is 18.6. The molecule has 46 heavy (non-hydrogen) atoms. The number of rotatable bonds is 32. The largest absolute Gasteiger partial charge is 0.293 e. The second kappa shape index (κ2) is 36.9. The van der Waals surface area contributed by atoms with Crippen LogP contribution in [-0.4, -0.2) is 18.1 Å². The van der Waals surface area contributed by atoms with Gasteiger partial charge in [-0.05, 0) is 116 Å². The zero-order valence-corrected chi connectivity index (χ0v) is 29.6. The fourth-order valence-corrected chi connectivity index (χ4v) is 4.77. The first-order valence-corrected chi connectivity index (χ1v) is 18.6. The van der Waals surface area contributed by atoms with E-state index in [1.54, 1.807) is 0 Å². The van der Waals surface area contributed by atoms with E-state index in [0.717, 1.165) is 64.2 Å². The van der Waals surface area contributed by atoms with Gasteiger partial charge in [0.25, 0.3) is 0 Å². The molecule has 0 aliphatic carbocycles. The lowest BCUT2D eigenvalue weighted by atomic mass is 10.0. The highest BCUT2D eigenvalue weighted by molar-refractivity contribution is 5.87. The minimum Gasteiger partial charge on any atom is -0.293 e. The van der Waals surface area contributed by atoms with Crippen molar-refractivity contribution >= 4 is 5.78 Å². The van der Waals surface area contributed by atoms with Crippen LogP contribution in [0.1, 0.15) is 155 Å². The Balaban J connectivity index is 3.72. The van der Waals surface area contributed by atoms with Crippen molar-refractivity contribution in [2.45, 2.75) is 167 Å². The molecule has 0 aromatic heterocycles. The number of halogens is 2. The second-order valence-corrected chi connectivity index (χ2v) is 12.1. The third-order valence-electron chi connectivity index (χ3n) is 7.69. The van der Waals surface area contributed by atoms with Gasteiger partial charge < -0.3 is 0 Å². The summed E-state index contributed by atoms with van der Waals surface area (Å²) in [5, 5.41) is 0. The Morgan fingerprint density at radius 3 is 0.891 bits per heavy atom. The van der Waals surface area contributed by atoms with Crippen molar-refractivity contribution in [1.29, 1.82) is 0 Å². The fourth-order valence-electron chi connectivity index (χ4n) is 4.77. The molecule has 0 aliphatic heterocycles. The minimum atomic E-state index is -1.68. The number of hydrogen-bond acceptors (Lipinski definition) is 1. The van der Waals surface area contributed by atoms with Gasteiger partial charge in [0, 0.05) is 0 Å². The van der Waals surface area contributed by atoms with Gasteiger partial charge in [-0.3, -0.25) is 4.79 Å². The molecular weight excluding hydrogens is 570 g/mol. The van der Waals surface area contributed by atoms with Crippen molar-refractivity contribution in [2.24, 2.45) is 0 Å². The summed E-state index contributed by atoms with van der Waals surface area (Å²) in [6.45, 7) is 4.46. The lowest BCUT2D eigenvalue weighted by Gasteiger charge is -2.10. The van der Waals surface area contributed by atoms with Crippen molar-refractivity contribution in [1.82, 2.24) is 0 Å². The van der Waals surface area contributed by atoms with Crippen molar-refractivity contribution < 1.29 is 13.6 Å². The quantitative estimate of drug-likeness (QED) is 0.0529. The van der Waals surface area contributed by atoms with E-state index < -0.39 is 18.1 Å². The maximum Gasteiger partial charge on any atom is 0.200 e. The van der Waals surface area contributed by atoms with Gasteiger partial charge in [0.2, 0.25) is 5.78 Å². The smallest absolute Gasteiger partial charge is 0.200 e.